The first-order valence-corrected chi connectivity index (χ1v) is 11.5. The highest BCUT2D eigenvalue weighted by Crippen LogP contribution is 2.19. The fourth-order valence-corrected chi connectivity index (χ4v) is 3.90. The molecular formula is C24H24Br2N2O2. The van der Waals surface area contributed by atoms with Crippen LogP contribution in [-0.4, -0.2) is 23.9 Å². The molecule has 0 aliphatic heterocycles. The van der Waals surface area contributed by atoms with Gasteiger partial charge in [0.1, 0.15) is 0 Å². The van der Waals surface area contributed by atoms with E-state index in [1.807, 2.05) is 60.7 Å². The third-order valence-corrected chi connectivity index (χ3v) is 6.07. The molecule has 0 unspecified atom stereocenters. The van der Waals surface area contributed by atoms with E-state index >= 15 is 0 Å². The van der Waals surface area contributed by atoms with E-state index in [4.69, 9.17) is 0 Å². The molecule has 4 nitrogen and oxygen atoms in total. The Morgan fingerprint density at radius 2 is 1.00 bits per heavy atom. The Morgan fingerprint density at radius 3 is 1.33 bits per heavy atom. The second kappa shape index (κ2) is 11.3. The lowest BCUT2D eigenvalue weighted by Crippen LogP contribution is -2.43. The Hall–Kier alpha value is -2.18. The molecule has 1 aliphatic carbocycles. The molecule has 0 heterocycles. The fourth-order valence-electron chi connectivity index (χ4n) is 3.37. The van der Waals surface area contributed by atoms with Gasteiger partial charge in [-0.2, -0.15) is 0 Å². The third-order valence-electron chi connectivity index (χ3n) is 5.01. The molecule has 2 aromatic carbocycles. The third kappa shape index (κ3) is 7.58. The summed E-state index contributed by atoms with van der Waals surface area (Å²) in [5, 5.41) is 6.12. The van der Waals surface area contributed by atoms with Crippen LogP contribution in [0.4, 0.5) is 0 Å². The number of nitrogens with one attached hydrogen (secondary N) is 2. The molecule has 0 radical (unpaired) electrons. The van der Waals surface area contributed by atoms with Gasteiger partial charge in [-0.3, -0.25) is 9.59 Å². The Bertz CT molecular complexity index is 836. The first-order chi connectivity index (χ1) is 14.5. The van der Waals surface area contributed by atoms with E-state index in [2.05, 4.69) is 42.5 Å². The topological polar surface area (TPSA) is 58.2 Å². The zero-order valence-electron chi connectivity index (χ0n) is 16.5. The summed E-state index contributed by atoms with van der Waals surface area (Å²) in [5.74, 6) is -0.161. The lowest BCUT2D eigenvalue weighted by molar-refractivity contribution is -0.118. The minimum atomic E-state index is -0.0807. The van der Waals surface area contributed by atoms with Gasteiger partial charge < -0.3 is 10.6 Å². The van der Waals surface area contributed by atoms with Crippen LogP contribution in [0.5, 0.6) is 0 Å². The van der Waals surface area contributed by atoms with Crippen LogP contribution in [0, 0.1) is 0 Å². The van der Waals surface area contributed by atoms with Crippen molar-refractivity contribution < 1.29 is 9.59 Å². The van der Waals surface area contributed by atoms with Crippen LogP contribution < -0.4 is 10.6 Å². The monoisotopic (exact) mass is 530 g/mol. The lowest BCUT2D eigenvalue weighted by atomic mass is 9.91. The van der Waals surface area contributed by atoms with Crippen molar-refractivity contribution in [2.45, 2.75) is 37.8 Å². The molecule has 2 aromatic rings. The van der Waals surface area contributed by atoms with Gasteiger partial charge in [-0.05, 0) is 73.2 Å². The summed E-state index contributed by atoms with van der Waals surface area (Å²) in [7, 11) is 0. The highest BCUT2D eigenvalue weighted by Gasteiger charge is 2.22. The highest BCUT2D eigenvalue weighted by molar-refractivity contribution is 9.10. The molecule has 0 saturated heterocycles. The van der Waals surface area contributed by atoms with Crippen LogP contribution in [0.15, 0.2) is 69.6 Å². The number of hydrogen-bond acceptors (Lipinski definition) is 2. The number of halogens is 2. The van der Waals surface area contributed by atoms with E-state index in [1.165, 1.54) is 0 Å². The number of carbonyl (C=O) groups excluding carboxylic acids is 2. The number of carbonyl (C=O) groups is 2. The summed E-state index contributed by atoms with van der Waals surface area (Å²) >= 11 is 6.80. The molecule has 0 atom stereocenters. The number of hydrogen-bond donors (Lipinski definition) is 2. The number of benzene rings is 2. The van der Waals surface area contributed by atoms with Crippen LogP contribution in [0.1, 0.15) is 36.8 Å². The molecule has 1 fully saturated rings. The van der Waals surface area contributed by atoms with Crippen molar-refractivity contribution in [2.24, 2.45) is 0 Å². The summed E-state index contributed by atoms with van der Waals surface area (Å²) in [5.41, 5.74) is 1.96. The van der Waals surface area contributed by atoms with Crippen molar-refractivity contribution in [3.05, 3.63) is 80.8 Å². The van der Waals surface area contributed by atoms with E-state index < -0.39 is 0 Å². The Labute approximate surface area is 194 Å². The molecule has 2 N–H and O–H groups in total. The highest BCUT2D eigenvalue weighted by atomic mass is 79.9. The normalized spacial score (nSPS) is 19.1. The lowest BCUT2D eigenvalue weighted by Gasteiger charge is -2.29. The van der Waals surface area contributed by atoms with Crippen molar-refractivity contribution in [2.75, 3.05) is 0 Å². The van der Waals surface area contributed by atoms with Crippen LogP contribution in [-0.2, 0) is 9.59 Å². The summed E-state index contributed by atoms with van der Waals surface area (Å²) in [6.07, 6.45) is 10.2. The zero-order valence-corrected chi connectivity index (χ0v) is 19.7. The van der Waals surface area contributed by atoms with Gasteiger partial charge in [0.25, 0.3) is 0 Å². The fraction of sp³-hybridized carbons (Fsp3) is 0.250. The maximum absolute atomic E-state index is 12.2. The van der Waals surface area contributed by atoms with E-state index in [9.17, 15) is 9.59 Å². The molecule has 0 bridgehead atoms. The van der Waals surface area contributed by atoms with Crippen molar-refractivity contribution >= 4 is 55.8 Å². The van der Waals surface area contributed by atoms with E-state index in [1.54, 1.807) is 12.2 Å². The second-order valence-electron chi connectivity index (χ2n) is 7.34. The average Bonchev–Trinajstić information content (AvgIpc) is 2.74. The van der Waals surface area contributed by atoms with Crippen molar-refractivity contribution in [3.63, 3.8) is 0 Å². The molecule has 6 heteroatoms. The van der Waals surface area contributed by atoms with Crippen LogP contribution in [0.25, 0.3) is 12.2 Å². The maximum Gasteiger partial charge on any atom is 0.244 e. The predicted molar refractivity (Wildman–Crippen MR) is 129 cm³/mol. The molecule has 0 aromatic heterocycles. The standard InChI is InChI=1S/C24H24Br2N2O2/c25-19-7-1-17(2-8-19)5-15-23(29)27-21-11-13-22(14-12-21)28-24(30)16-6-18-3-9-20(26)10-4-18/h1-10,15-16,21-22H,11-14H2,(H,27,29)(H,28,30)/b15-5+,16-6+. The summed E-state index contributed by atoms with van der Waals surface area (Å²) in [6.45, 7) is 0. The minimum absolute atomic E-state index is 0.0807. The largest absolute Gasteiger partial charge is 0.350 e. The van der Waals surface area contributed by atoms with Gasteiger partial charge in [-0.15, -0.1) is 0 Å². The zero-order chi connectivity index (χ0) is 21.3. The summed E-state index contributed by atoms with van der Waals surface area (Å²) < 4.78 is 2.02. The Balaban J connectivity index is 1.38. The van der Waals surface area contributed by atoms with Gasteiger partial charge >= 0.3 is 0 Å². The van der Waals surface area contributed by atoms with Crippen molar-refractivity contribution in [1.29, 1.82) is 0 Å². The second-order valence-corrected chi connectivity index (χ2v) is 9.17. The molecule has 1 saturated carbocycles. The molecular weight excluding hydrogens is 508 g/mol. The quantitative estimate of drug-likeness (QED) is 0.485. The molecule has 1 aliphatic rings. The smallest absolute Gasteiger partial charge is 0.244 e. The molecule has 30 heavy (non-hydrogen) atoms. The molecule has 3 rings (SSSR count). The van der Waals surface area contributed by atoms with Crippen LogP contribution >= 0.6 is 31.9 Å². The van der Waals surface area contributed by atoms with Crippen molar-refractivity contribution in [3.8, 4) is 0 Å². The molecule has 0 spiro atoms. The van der Waals surface area contributed by atoms with E-state index in [0.29, 0.717) is 0 Å². The SMILES string of the molecule is O=C(/C=C/c1ccc(Br)cc1)NC1CCC(NC(=O)/C=C/c2ccc(Br)cc2)CC1. The summed E-state index contributed by atoms with van der Waals surface area (Å²) in [6, 6.07) is 15.9. The molecule has 2 amide bonds. The van der Waals surface area contributed by atoms with Gasteiger partial charge in [-0.1, -0.05) is 56.1 Å². The first-order valence-electron chi connectivity index (χ1n) is 9.96. The van der Waals surface area contributed by atoms with E-state index in [-0.39, 0.29) is 23.9 Å². The minimum Gasteiger partial charge on any atom is -0.350 e. The van der Waals surface area contributed by atoms with Gasteiger partial charge in [0.2, 0.25) is 11.8 Å². The predicted octanol–water partition coefficient (Wildman–Crippen LogP) is 5.48. The van der Waals surface area contributed by atoms with Crippen LogP contribution in [0.2, 0.25) is 0 Å². The van der Waals surface area contributed by atoms with Gasteiger partial charge in [0, 0.05) is 33.2 Å². The van der Waals surface area contributed by atoms with Gasteiger partial charge in [0.05, 0.1) is 0 Å². The van der Waals surface area contributed by atoms with E-state index in [0.717, 1.165) is 45.8 Å². The Kier molecular flexibility index (Phi) is 8.46. The number of amides is 2. The van der Waals surface area contributed by atoms with Gasteiger partial charge in [0.15, 0.2) is 0 Å². The Morgan fingerprint density at radius 1 is 0.667 bits per heavy atom. The average molecular weight is 532 g/mol. The van der Waals surface area contributed by atoms with Crippen molar-refractivity contribution in [1.82, 2.24) is 10.6 Å². The number of rotatable bonds is 6. The van der Waals surface area contributed by atoms with Gasteiger partial charge in [-0.25, -0.2) is 0 Å². The molecule has 156 valence electrons. The van der Waals surface area contributed by atoms with Crippen LogP contribution in [0.3, 0.4) is 0 Å². The maximum atomic E-state index is 12.2. The summed E-state index contributed by atoms with van der Waals surface area (Å²) in [4.78, 5) is 24.3. The first kappa shape index (κ1) is 22.5.